The molecule has 2 aromatic rings. The lowest BCUT2D eigenvalue weighted by molar-refractivity contribution is 0.990. The van der Waals surface area contributed by atoms with Crippen LogP contribution in [-0.4, -0.2) is 15.0 Å². The largest absolute Gasteiger partial charge is 0.365 e. The van der Waals surface area contributed by atoms with Crippen molar-refractivity contribution in [2.75, 3.05) is 0 Å². The van der Waals surface area contributed by atoms with Gasteiger partial charge in [-0.1, -0.05) is 0 Å². The fourth-order valence-electron chi connectivity index (χ4n) is 1.21. The number of hydrogen-bond donors (Lipinski definition) is 1. The van der Waals surface area contributed by atoms with Crippen LogP contribution in [0, 0.1) is 6.92 Å². The number of aromatic nitrogens is 3. The summed E-state index contributed by atoms with van der Waals surface area (Å²) in [4.78, 5) is 11.4. The molecule has 0 radical (unpaired) electrons. The Hall–Kier alpha value is -1.64. The SMILES string of the molecule is Cc1ncc(Cc2ccc[nH]2)cn1. The molecule has 2 heterocycles. The Morgan fingerprint density at radius 1 is 1.31 bits per heavy atom. The second-order valence-electron chi connectivity index (χ2n) is 3.01. The van der Waals surface area contributed by atoms with Gasteiger partial charge < -0.3 is 4.98 Å². The zero-order valence-electron chi connectivity index (χ0n) is 7.49. The molecule has 0 saturated heterocycles. The molecule has 0 spiro atoms. The molecule has 3 nitrogen and oxygen atoms in total. The Morgan fingerprint density at radius 2 is 2.08 bits per heavy atom. The zero-order chi connectivity index (χ0) is 9.10. The highest BCUT2D eigenvalue weighted by Gasteiger charge is 1.96. The maximum atomic E-state index is 4.13. The molecule has 0 saturated carbocycles. The van der Waals surface area contributed by atoms with E-state index in [0.717, 1.165) is 17.8 Å². The van der Waals surface area contributed by atoms with E-state index in [1.54, 1.807) is 0 Å². The molecule has 66 valence electrons. The van der Waals surface area contributed by atoms with Gasteiger partial charge >= 0.3 is 0 Å². The van der Waals surface area contributed by atoms with Crippen LogP contribution >= 0.6 is 0 Å². The van der Waals surface area contributed by atoms with E-state index < -0.39 is 0 Å². The van der Waals surface area contributed by atoms with E-state index in [-0.39, 0.29) is 0 Å². The molecule has 0 aliphatic carbocycles. The molecule has 0 fully saturated rings. The number of aryl methyl sites for hydroxylation is 1. The number of hydrogen-bond acceptors (Lipinski definition) is 2. The van der Waals surface area contributed by atoms with Gasteiger partial charge in [-0.2, -0.15) is 0 Å². The van der Waals surface area contributed by atoms with Gasteiger partial charge in [0.1, 0.15) is 5.82 Å². The van der Waals surface area contributed by atoms with E-state index in [9.17, 15) is 0 Å². The molecular formula is C10H11N3. The third-order valence-corrected chi connectivity index (χ3v) is 1.89. The molecule has 0 aliphatic rings. The van der Waals surface area contributed by atoms with E-state index in [1.165, 1.54) is 5.69 Å². The van der Waals surface area contributed by atoms with Crippen LogP contribution in [0.5, 0.6) is 0 Å². The van der Waals surface area contributed by atoms with Crippen molar-refractivity contribution in [1.82, 2.24) is 15.0 Å². The lowest BCUT2D eigenvalue weighted by atomic mass is 10.2. The number of aromatic amines is 1. The molecule has 0 aliphatic heterocycles. The van der Waals surface area contributed by atoms with Gasteiger partial charge in [0.05, 0.1) is 0 Å². The van der Waals surface area contributed by atoms with Crippen LogP contribution in [0.15, 0.2) is 30.7 Å². The van der Waals surface area contributed by atoms with Gasteiger partial charge in [0, 0.05) is 30.7 Å². The van der Waals surface area contributed by atoms with Crippen molar-refractivity contribution in [3.8, 4) is 0 Å². The first-order valence-corrected chi connectivity index (χ1v) is 4.24. The first-order chi connectivity index (χ1) is 6.34. The summed E-state index contributed by atoms with van der Waals surface area (Å²) < 4.78 is 0. The van der Waals surface area contributed by atoms with Gasteiger partial charge in [-0.15, -0.1) is 0 Å². The minimum Gasteiger partial charge on any atom is -0.365 e. The second-order valence-corrected chi connectivity index (χ2v) is 3.01. The standard InChI is InChI=1S/C10H11N3/c1-8-12-6-9(7-13-8)5-10-3-2-4-11-10/h2-4,6-7,11H,5H2,1H3. The normalized spacial score (nSPS) is 10.2. The van der Waals surface area contributed by atoms with Crippen molar-refractivity contribution in [3.63, 3.8) is 0 Å². The van der Waals surface area contributed by atoms with Crippen molar-refractivity contribution in [1.29, 1.82) is 0 Å². The highest BCUT2D eigenvalue weighted by molar-refractivity contribution is 5.16. The summed E-state index contributed by atoms with van der Waals surface area (Å²) in [5.74, 6) is 0.815. The highest BCUT2D eigenvalue weighted by atomic mass is 14.8. The Labute approximate surface area is 76.9 Å². The van der Waals surface area contributed by atoms with Gasteiger partial charge in [-0.25, -0.2) is 9.97 Å². The van der Waals surface area contributed by atoms with Gasteiger partial charge in [-0.05, 0) is 24.6 Å². The number of H-pyrrole nitrogens is 1. The first-order valence-electron chi connectivity index (χ1n) is 4.24. The predicted molar refractivity (Wildman–Crippen MR) is 50.4 cm³/mol. The minimum atomic E-state index is 0.815. The summed E-state index contributed by atoms with van der Waals surface area (Å²) in [6.45, 7) is 1.89. The van der Waals surface area contributed by atoms with Crippen LogP contribution in [-0.2, 0) is 6.42 Å². The molecule has 0 amide bonds. The fraction of sp³-hybridized carbons (Fsp3) is 0.200. The molecule has 13 heavy (non-hydrogen) atoms. The summed E-state index contributed by atoms with van der Waals surface area (Å²) in [7, 11) is 0. The van der Waals surface area contributed by atoms with Crippen LogP contribution in [0.2, 0.25) is 0 Å². The van der Waals surface area contributed by atoms with Crippen LogP contribution in [0.25, 0.3) is 0 Å². The smallest absolute Gasteiger partial charge is 0.125 e. The van der Waals surface area contributed by atoms with E-state index in [0.29, 0.717) is 0 Å². The molecule has 0 bridgehead atoms. The van der Waals surface area contributed by atoms with Gasteiger partial charge in [0.2, 0.25) is 0 Å². The average molecular weight is 173 g/mol. The van der Waals surface area contributed by atoms with Gasteiger partial charge in [0.15, 0.2) is 0 Å². The van der Waals surface area contributed by atoms with Crippen LogP contribution < -0.4 is 0 Å². The molecule has 1 N–H and O–H groups in total. The van der Waals surface area contributed by atoms with Crippen molar-refractivity contribution in [2.45, 2.75) is 13.3 Å². The van der Waals surface area contributed by atoms with Gasteiger partial charge in [-0.3, -0.25) is 0 Å². The second kappa shape index (κ2) is 3.39. The topological polar surface area (TPSA) is 41.6 Å². The Balaban J connectivity index is 2.15. The summed E-state index contributed by atoms with van der Waals surface area (Å²) >= 11 is 0. The first kappa shape index (κ1) is 7.98. The predicted octanol–water partition coefficient (Wildman–Crippen LogP) is 1.70. The molecule has 3 heteroatoms. The van der Waals surface area contributed by atoms with Gasteiger partial charge in [0.25, 0.3) is 0 Å². The number of nitrogens with zero attached hydrogens (tertiary/aromatic N) is 2. The van der Waals surface area contributed by atoms with E-state index in [1.807, 2.05) is 31.6 Å². The maximum absolute atomic E-state index is 4.13. The van der Waals surface area contributed by atoms with E-state index in [4.69, 9.17) is 0 Å². The van der Waals surface area contributed by atoms with Crippen LogP contribution in [0.4, 0.5) is 0 Å². The van der Waals surface area contributed by atoms with E-state index in [2.05, 4.69) is 21.0 Å². The molecule has 2 rings (SSSR count). The summed E-state index contributed by atoms with van der Waals surface area (Å²) in [5.41, 5.74) is 2.32. The van der Waals surface area contributed by atoms with E-state index >= 15 is 0 Å². The molecule has 0 atom stereocenters. The Morgan fingerprint density at radius 3 is 2.69 bits per heavy atom. The van der Waals surface area contributed by atoms with Crippen LogP contribution in [0.3, 0.4) is 0 Å². The van der Waals surface area contributed by atoms with Crippen molar-refractivity contribution < 1.29 is 0 Å². The average Bonchev–Trinajstić information content (AvgIpc) is 2.62. The number of rotatable bonds is 2. The third kappa shape index (κ3) is 1.93. The third-order valence-electron chi connectivity index (χ3n) is 1.89. The quantitative estimate of drug-likeness (QED) is 0.751. The summed E-state index contributed by atoms with van der Waals surface area (Å²) in [6, 6.07) is 4.05. The molecular weight excluding hydrogens is 162 g/mol. The molecule has 2 aromatic heterocycles. The van der Waals surface area contributed by atoms with Crippen molar-refractivity contribution in [3.05, 3.63) is 47.8 Å². The maximum Gasteiger partial charge on any atom is 0.125 e. The number of nitrogens with one attached hydrogen (secondary N) is 1. The zero-order valence-corrected chi connectivity index (χ0v) is 7.49. The molecule has 0 unspecified atom stereocenters. The fourth-order valence-corrected chi connectivity index (χ4v) is 1.21. The van der Waals surface area contributed by atoms with Crippen LogP contribution in [0.1, 0.15) is 17.1 Å². The van der Waals surface area contributed by atoms with Crippen molar-refractivity contribution in [2.24, 2.45) is 0 Å². The summed E-state index contributed by atoms with van der Waals surface area (Å²) in [5, 5.41) is 0. The lowest BCUT2D eigenvalue weighted by Crippen LogP contribution is -1.93. The van der Waals surface area contributed by atoms with Crippen molar-refractivity contribution >= 4 is 0 Å². The monoisotopic (exact) mass is 173 g/mol. The summed E-state index contributed by atoms with van der Waals surface area (Å²) in [6.07, 6.45) is 6.52. The molecule has 0 aromatic carbocycles. The lowest BCUT2D eigenvalue weighted by Gasteiger charge is -1.97. The minimum absolute atomic E-state index is 0.815. The highest BCUT2D eigenvalue weighted by Crippen LogP contribution is 2.04. The Bertz CT molecular complexity index is 362. The Kier molecular flexibility index (Phi) is 2.08.